The van der Waals surface area contributed by atoms with E-state index in [1.165, 1.54) is 0 Å². The van der Waals surface area contributed by atoms with Gasteiger partial charge in [-0.15, -0.1) is 0 Å². The van der Waals surface area contributed by atoms with Crippen molar-refractivity contribution in [3.8, 4) is 0 Å². The van der Waals surface area contributed by atoms with E-state index in [4.69, 9.17) is 10.5 Å². The summed E-state index contributed by atoms with van der Waals surface area (Å²) in [6.07, 6.45) is 2.43. The molecule has 0 bridgehead atoms. The highest BCUT2D eigenvalue weighted by molar-refractivity contribution is 6.01. The molecule has 0 aliphatic carbocycles. The van der Waals surface area contributed by atoms with Gasteiger partial charge >= 0.3 is 0 Å². The Bertz CT molecular complexity index is 453. The van der Waals surface area contributed by atoms with Gasteiger partial charge < -0.3 is 15.4 Å². The van der Waals surface area contributed by atoms with Crippen molar-refractivity contribution in [3.05, 3.63) is 23.8 Å². The number of benzene rings is 1. The number of amides is 1. The number of hydrogen-bond donors (Lipinski definition) is 1. The largest absolute Gasteiger partial charge is 0.397 e. The van der Waals surface area contributed by atoms with Crippen LogP contribution in [0.15, 0.2) is 18.2 Å². The van der Waals surface area contributed by atoms with Gasteiger partial charge in [-0.2, -0.15) is 0 Å². The molecule has 0 unspecified atom stereocenters. The van der Waals surface area contributed by atoms with Crippen LogP contribution < -0.4 is 10.6 Å². The van der Waals surface area contributed by atoms with Crippen molar-refractivity contribution in [1.82, 2.24) is 0 Å². The fourth-order valence-corrected chi connectivity index (χ4v) is 2.65. The number of carbonyl (C=O) groups is 1. The van der Waals surface area contributed by atoms with Gasteiger partial charge in [0, 0.05) is 13.2 Å². The van der Waals surface area contributed by atoms with Crippen molar-refractivity contribution in [2.24, 2.45) is 0 Å². The van der Waals surface area contributed by atoms with Crippen LogP contribution in [0.3, 0.4) is 0 Å². The SMILES string of the molecule is Nc1cccc2c1N(C(=O)[C@@H]1CCCO1)CC2. The summed E-state index contributed by atoms with van der Waals surface area (Å²) in [6, 6.07) is 5.82. The van der Waals surface area contributed by atoms with Gasteiger partial charge in [-0.3, -0.25) is 4.79 Å². The first-order valence-corrected chi connectivity index (χ1v) is 6.08. The number of nitrogens with zero attached hydrogens (tertiary/aromatic N) is 1. The van der Waals surface area contributed by atoms with Crippen molar-refractivity contribution < 1.29 is 9.53 Å². The van der Waals surface area contributed by atoms with Crippen molar-refractivity contribution in [2.75, 3.05) is 23.8 Å². The minimum atomic E-state index is -0.263. The van der Waals surface area contributed by atoms with E-state index in [1.807, 2.05) is 18.2 Å². The van der Waals surface area contributed by atoms with Crippen molar-refractivity contribution in [1.29, 1.82) is 0 Å². The lowest BCUT2D eigenvalue weighted by molar-refractivity contribution is -0.127. The summed E-state index contributed by atoms with van der Waals surface area (Å²) in [5.74, 6) is 0.0687. The second kappa shape index (κ2) is 4.04. The normalized spacial score (nSPS) is 22.8. The molecular formula is C13H16N2O2. The van der Waals surface area contributed by atoms with Gasteiger partial charge in [0.25, 0.3) is 5.91 Å². The van der Waals surface area contributed by atoms with E-state index in [1.54, 1.807) is 4.90 Å². The van der Waals surface area contributed by atoms with Crippen LogP contribution in [0.5, 0.6) is 0 Å². The van der Waals surface area contributed by atoms with E-state index < -0.39 is 0 Å². The third kappa shape index (κ3) is 1.69. The molecule has 1 atom stereocenters. The lowest BCUT2D eigenvalue weighted by Crippen LogP contribution is -2.38. The summed E-state index contributed by atoms with van der Waals surface area (Å²) >= 11 is 0. The summed E-state index contributed by atoms with van der Waals surface area (Å²) in [7, 11) is 0. The summed E-state index contributed by atoms with van der Waals surface area (Å²) in [4.78, 5) is 14.1. The molecule has 3 rings (SSSR count). The standard InChI is InChI=1S/C13H16N2O2/c14-10-4-1-3-9-6-7-15(12(9)10)13(16)11-5-2-8-17-11/h1,3-4,11H,2,5-8,14H2/t11-/m0/s1. The zero-order valence-electron chi connectivity index (χ0n) is 9.69. The molecule has 2 N–H and O–H groups in total. The first kappa shape index (κ1) is 10.6. The van der Waals surface area contributed by atoms with E-state index in [0.29, 0.717) is 12.3 Å². The number of rotatable bonds is 1. The predicted molar refractivity (Wildman–Crippen MR) is 65.9 cm³/mol. The molecule has 17 heavy (non-hydrogen) atoms. The smallest absolute Gasteiger partial charge is 0.256 e. The van der Waals surface area contributed by atoms with Crippen molar-refractivity contribution in [3.63, 3.8) is 0 Å². The second-order valence-electron chi connectivity index (χ2n) is 4.60. The maximum absolute atomic E-state index is 12.3. The zero-order chi connectivity index (χ0) is 11.8. The van der Waals surface area contributed by atoms with E-state index in [9.17, 15) is 4.79 Å². The molecule has 2 aliphatic heterocycles. The number of nitrogens with two attached hydrogens (primary N) is 1. The van der Waals surface area contributed by atoms with E-state index >= 15 is 0 Å². The fraction of sp³-hybridized carbons (Fsp3) is 0.462. The fourth-order valence-electron chi connectivity index (χ4n) is 2.65. The monoisotopic (exact) mass is 232 g/mol. The van der Waals surface area contributed by atoms with Crippen molar-refractivity contribution in [2.45, 2.75) is 25.4 Å². The minimum absolute atomic E-state index is 0.0687. The van der Waals surface area contributed by atoms with Crippen LogP contribution in [0.2, 0.25) is 0 Å². The maximum atomic E-state index is 12.3. The van der Waals surface area contributed by atoms with Crippen LogP contribution in [0.4, 0.5) is 11.4 Å². The molecule has 1 saturated heterocycles. The average molecular weight is 232 g/mol. The van der Waals surface area contributed by atoms with Gasteiger partial charge in [-0.1, -0.05) is 12.1 Å². The van der Waals surface area contributed by atoms with Crippen LogP contribution >= 0.6 is 0 Å². The van der Waals surface area contributed by atoms with Gasteiger partial charge in [0.2, 0.25) is 0 Å². The van der Waals surface area contributed by atoms with Crippen LogP contribution in [-0.2, 0) is 16.0 Å². The molecule has 2 heterocycles. The van der Waals surface area contributed by atoms with E-state index in [-0.39, 0.29) is 12.0 Å². The maximum Gasteiger partial charge on any atom is 0.256 e. The Labute approximate surface area is 100 Å². The number of ether oxygens (including phenoxy) is 1. The van der Waals surface area contributed by atoms with Crippen LogP contribution in [0, 0.1) is 0 Å². The molecule has 1 fully saturated rings. The topological polar surface area (TPSA) is 55.6 Å². The van der Waals surface area contributed by atoms with Gasteiger partial charge in [-0.05, 0) is 30.9 Å². The Morgan fingerprint density at radius 3 is 3.12 bits per heavy atom. The lowest BCUT2D eigenvalue weighted by atomic mass is 10.1. The lowest BCUT2D eigenvalue weighted by Gasteiger charge is -2.21. The van der Waals surface area contributed by atoms with E-state index in [2.05, 4.69) is 0 Å². The number of fused-ring (bicyclic) bond motifs is 1. The summed E-state index contributed by atoms with van der Waals surface area (Å²) < 4.78 is 5.45. The Hall–Kier alpha value is -1.55. The quantitative estimate of drug-likeness (QED) is 0.743. The molecule has 2 aliphatic rings. The molecule has 4 heteroatoms. The number of hydrogen-bond acceptors (Lipinski definition) is 3. The average Bonchev–Trinajstić information content (AvgIpc) is 2.98. The first-order chi connectivity index (χ1) is 8.27. The molecule has 1 amide bonds. The van der Waals surface area contributed by atoms with Crippen LogP contribution in [0.1, 0.15) is 18.4 Å². The van der Waals surface area contributed by atoms with Crippen LogP contribution in [0.25, 0.3) is 0 Å². The zero-order valence-corrected chi connectivity index (χ0v) is 9.69. The Kier molecular flexibility index (Phi) is 2.52. The summed E-state index contributed by atoms with van der Waals surface area (Å²) in [6.45, 7) is 1.42. The molecule has 1 aromatic rings. The highest BCUT2D eigenvalue weighted by Crippen LogP contribution is 2.34. The number of carbonyl (C=O) groups excluding carboxylic acids is 1. The molecule has 0 saturated carbocycles. The van der Waals surface area contributed by atoms with Gasteiger partial charge in [-0.25, -0.2) is 0 Å². The van der Waals surface area contributed by atoms with Crippen molar-refractivity contribution >= 4 is 17.3 Å². The molecule has 0 spiro atoms. The molecular weight excluding hydrogens is 216 g/mol. The van der Waals surface area contributed by atoms with Gasteiger partial charge in [0.1, 0.15) is 6.10 Å². The van der Waals surface area contributed by atoms with E-state index in [0.717, 1.165) is 37.1 Å². The summed E-state index contributed by atoms with van der Waals surface area (Å²) in [5, 5.41) is 0. The number of nitrogen functional groups attached to an aromatic ring is 1. The highest BCUT2D eigenvalue weighted by Gasteiger charge is 2.33. The Morgan fingerprint density at radius 1 is 1.47 bits per heavy atom. The van der Waals surface area contributed by atoms with Gasteiger partial charge in [0.15, 0.2) is 0 Å². The Balaban J connectivity index is 1.90. The number of anilines is 2. The molecule has 90 valence electrons. The second-order valence-corrected chi connectivity index (χ2v) is 4.60. The predicted octanol–water partition coefficient (Wildman–Crippen LogP) is 1.34. The number of para-hydroxylation sites is 1. The third-order valence-corrected chi connectivity index (χ3v) is 3.50. The molecule has 0 radical (unpaired) electrons. The Morgan fingerprint density at radius 2 is 2.35 bits per heavy atom. The first-order valence-electron chi connectivity index (χ1n) is 6.08. The third-order valence-electron chi connectivity index (χ3n) is 3.50. The highest BCUT2D eigenvalue weighted by atomic mass is 16.5. The summed E-state index contributed by atoms with van der Waals surface area (Å²) in [5.41, 5.74) is 8.71. The molecule has 1 aromatic carbocycles. The molecule has 4 nitrogen and oxygen atoms in total. The van der Waals surface area contributed by atoms with Crippen LogP contribution in [-0.4, -0.2) is 25.2 Å². The van der Waals surface area contributed by atoms with Gasteiger partial charge in [0.05, 0.1) is 11.4 Å². The minimum Gasteiger partial charge on any atom is -0.397 e. The molecule has 0 aromatic heterocycles.